The van der Waals surface area contributed by atoms with Crippen molar-refractivity contribution in [2.45, 2.75) is 32.6 Å². The zero-order valence-corrected chi connectivity index (χ0v) is 18.2. The van der Waals surface area contributed by atoms with E-state index in [-0.39, 0.29) is 35.2 Å². The number of nitrogens with zero attached hydrogens (tertiary/aromatic N) is 2. The standard InChI is InChI=1S/C20H27FN4.HI/c1-15-8-9-16(13-24-15)10-11-23-19(22-4)25-14-20(2,3)17-6-5-7-18(21)12-17;/h5-9,12-13H,10-11,14H2,1-4H3,(H2,22,23,25);1H. The van der Waals surface area contributed by atoms with Crippen molar-refractivity contribution in [3.8, 4) is 0 Å². The van der Waals surface area contributed by atoms with Crippen molar-refractivity contribution in [2.24, 2.45) is 4.99 Å². The molecule has 2 aromatic rings. The minimum absolute atomic E-state index is 0. The quantitative estimate of drug-likeness (QED) is 0.384. The first-order chi connectivity index (χ1) is 11.9. The van der Waals surface area contributed by atoms with E-state index in [9.17, 15) is 4.39 Å². The number of hydrogen-bond acceptors (Lipinski definition) is 2. The Balaban J connectivity index is 0.00000338. The van der Waals surface area contributed by atoms with Crippen molar-refractivity contribution in [1.82, 2.24) is 15.6 Å². The first-order valence-electron chi connectivity index (χ1n) is 8.53. The molecular formula is C20H28FIN4. The normalized spacial score (nSPS) is 11.7. The molecular weight excluding hydrogens is 442 g/mol. The fourth-order valence-corrected chi connectivity index (χ4v) is 2.51. The summed E-state index contributed by atoms with van der Waals surface area (Å²) < 4.78 is 13.5. The molecule has 2 rings (SSSR count). The summed E-state index contributed by atoms with van der Waals surface area (Å²) in [5.41, 5.74) is 2.96. The van der Waals surface area contributed by atoms with Gasteiger partial charge in [-0.3, -0.25) is 9.98 Å². The predicted molar refractivity (Wildman–Crippen MR) is 117 cm³/mol. The third-order valence-corrected chi connectivity index (χ3v) is 4.21. The van der Waals surface area contributed by atoms with E-state index in [1.165, 1.54) is 11.6 Å². The number of guanidine groups is 1. The van der Waals surface area contributed by atoms with Crippen LogP contribution in [0.4, 0.5) is 4.39 Å². The molecule has 4 nitrogen and oxygen atoms in total. The summed E-state index contributed by atoms with van der Waals surface area (Å²) in [6.45, 7) is 7.57. The fraction of sp³-hybridized carbons (Fsp3) is 0.400. The van der Waals surface area contributed by atoms with Gasteiger partial charge in [-0.1, -0.05) is 32.0 Å². The van der Waals surface area contributed by atoms with Crippen LogP contribution in [0.1, 0.15) is 30.7 Å². The molecule has 0 atom stereocenters. The zero-order valence-electron chi connectivity index (χ0n) is 15.8. The van der Waals surface area contributed by atoms with E-state index in [2.05, 4.69) is 40.5 Å². The summed E-state index contributed by atoms with van der Waals surface area (Å²) in [7, 11) is 1.75. The summed E-state index contributed by atoms with van der Waals surface area (Å²) in [5.74, 6) is 0.532. The minimum atomic E-state index is -0.209. The van der Waals surface area contributed by atoms with Gasteiger partial charge in [-0.2, -0.15) is 0 Å². The van der Waals surface area contributed by atoms with Gasteiger partial charge in [0.1, 0.15) is 5.82 Å². The second-order valence-corrected chi connectivity index (χ2v) is 6.80. The van der Waals surface area contributed by atoms with Crippen molar-refractivity contribution in [3.63, 3.8) is 0 Å². The topological polar surface area (TPSA) is 49.3 Å². The second-order valence-electron chi connectivity index (χ2n) is 6.80. The van der Waals surface area contributed by atoms with Crippen LogP contribution in [0.3, 0.4) is 0 Å². The lowest BCUT2D eigenvalue weighted by Crippen LogP contribution is -2.44. The molecule has 0 radical (unpaired) electrons. The fourth-order valence-electron chi connectivity index (χ4n) is 2.51. The van der Waals surface area contributed by atoms with Gasteiger partial charge in [0.25, 0.3) is 0 Å². The van der Waals surface area contributed by atoms with Crippen LogP contribution in [0.15, 0.2) is 47.6 Å². The number of halogens is 2. The van der Waals surface area contributed by atoms with Crippen LogP contribution in [0, 0.1) is 12.7 Å². The summed E-state index contributed by atoms with van der Waals surface area (Å²) in [6.07, 6.45) is 2.78. The molecule has 1 heterocycles. The largest absolute Gasteiger partial charge is 0.356 e. The Bertz CT molecular complexity index is 714. The van der Waals surface area contributed by atoms with E-state index in [1.54, 1.807) is 19.2 Å². The molecule has 0 unspecified atom stereocenters. The van der Waals surface area contributed by atoms with Crippen LogP contribution >= 0.6 is 24.0 Å². The highest BCUT2D eigenvalue weighted by Crippen LogP contribution is 2.22. The van der Waals surface area contributed by atoms with Gasteiger partial charge in [0.05, 0.1) is 0 Å². The van der Waals surface area contributed by atoms with E-state index in [4.69, 9.17) is 0 Å². The molecule has 0 amide bonds. The number of aliphatic imine (C=N–C) groups is 1. The Labute approximate surface area is 172 Å². The lowest BCUT2D eigenvalue weighted by Gasteiger charge is -2.27. The third kappa shape index (κ3) is 6.90. The predicted octanol–water partition coefficient (Wildman–Crippen LogP) is 3.83. The SMILES string of the molecule is CN=C(NCCc1ccc(C)nc1)NCC(C)(C)c1cccc(F)c1.I. The maximum atomic E-state index is 13.5. The molecule has 0 aliphatic rings. The van der Waals surface area contributed by atoms with Crippen LogP contribution in [-0.2, 0) is 11.8 Å². The Morgan fingerprint density at radius 1 is 1.19 bits per heavy atom. The number of aryl methyl sites for hydroxylation is 1. The van der Waals surface area contributed by atoms with Crippen molar-refractivity contribution < 1.29 is 4.39 Å². The zero-order chi connectivity index (χ0) is 18.3. The van der Waals surface area contributed by atoms with Gasteiger partial charge >= 0.3 is 0 Å². The van der Waals surface area contributed by atoms with Gasteiger partial charge in [0, 0.05) is 37.4 Å². The molecule has 0 saturated carbocycles. The average Bonchev–Trinajstić information content (AvgIpc) is 2.59. The highest BCUT2D eigenvalue weighted by atomic mass is 127. The molecule has 2 N–H and O–H groups in total. The summed E-state index contributed by atoms with van der Waals surface area (Å²) in [4.78, 5) is 8.55. The van der Waals surface area contributed by atoms with Crippen LogP contribution in [-0.4, -0.2) is 31.1 Å². The molecule has 0 saturated heterocycles. The molecule has 1 aromatic heterocycles. The lowest BCUT2D eigenvalue weighted by atomic mass is 9.84. The van der Waals surface area contributed by atoms with Crippen LogP contribution in [0.25, 0.3) is 0 Å². The van der Waals surface area contributed by atoms with Gasteiger partial charge in [0.2, 0.25) is 0 Å². The maximum absolute atomic E-state index is 13.5. The van der Waals surface area contributed by atoms with Crippen molar-refractivity contribution in [2.75, 3.05) is 20.1 Å². The Hall–Kier alpha value is -1.70. The van der Waals surface area contributed by atoms with Gasteiger partial charge in [-0.15, -0.1) is 24.0 Å². The molecule has 142 valence electrons. The van der Waals surface area contributed by atoms with Crippen molar-refractivity contribution >= 4 is 29.9 Å². The summed E-state index contributed by atoms with van der Waals surface area (Å²) in [6, 6.07) is 10.9. The number of nitrogens with one attached hydrogen (secondary N) is 2. The molecule has 0 bridgehead atoms. The van der Waals surface area contributed by atoms with Crippen molar-refractivity contribution in [3.05, 3.63) is 65.2 Å². The summed E-state index contributed by atoms with van der Waals surface area (Å²) >= 11 is 0. The maximum Gasteiger partial charge on any atom is 0.191 e. The van der Waals surface area contributed by atoms with E-state index in [1.807, 2.05) is 25.3 Å². The number of aromatic nitrogens is 1. The lowest BCUT2D eigenvalue weighted by molar-refractivity contribution is 0.503. The Morgan fingerprint density at radius 3 is 2.58 bits per heavy atom. The number of benzene rings is 1. The molecule has 0 fully saturated rings. The third-order valence-electron chi connectivity index (χ3n) is 4.21. The molecule has 1 aromatic carbocycles. The van der Waals surface area contributed by atoms with Gasteiger partial charge < -0.3 is 10.6 Å². The van der Waals surface area contributed by atoms with E-state index >= 15 is 0 Å². The van der Waals surface area contributed by atoms with E-state index in [0.29, 0.717) is 6.54 Å². The number of pyridine rings is 1. The van der Waals surface area contributed by atoms with Crippen molar-refractivity contribution in [1.29, 1.82) is 0 Å². The first-order valence-corrected chi connectivity index (χ1v) is 8.53. The van der Waals surface area contributed by atoms with Crippen LogP contribution in [0.5, 0.6) is 0 Å². The van der Waals surface area contributed by atoms with Gasteiger partial charge in [-0.05, 0) is 42.7 Å². The average molecular weight is 470 g/mol. The van der Waals surface area contributed by atoms with Gasteiger partial charge in [-0.25, -0.2) is 4.39 Å². The molecule has 0 aliphatic heterocycles. The van der Waals surface area contributed by atoms with E-state index in [0.717, 1.165) is 30.2 Å². The number of rotatable bonds is 6. The Morgan fingerprint density at radius 2 is 1.96 bits per heavy atom. The highest BCUT2D eigenvalue weighted by molar-refractivity contribution is 14.0. The van der Waals surface area contributed by atoms with Crippen LogP contribution < -0.4 is 10.6 Å². The monoisotopic (exact) mass is 470 g/mol. The number of hydrogen-bond donors (Lipinski definition) is 2. The van der Waals surface area contributed by atoms with Gasteiger partial charge in [0.15, 0.2) is 5.96 Å². The highest BCUT2D eigenvalue weighted by Gasteiger charge is 2.21. The first kappa shape index (κ1) is 22.3. The van der Waals surface area contributed by atoms with E-state index < -0.39 is 0 Å². The molecule has 6 heteroatoms. The van der Waals surface area contributed by atoms with Crippen LogP contribution in [0.2, 0.25) is 0 Å². The minimum Gasteiger partial charge on any atom is -0.356 e. The Kier molecular flexibility index (Phi) is 8.98. The smallest absolute Gasteiger partial charge is 0.191 e. The molecule has 26 heavy (non-hydrogen) atoms. The molecule has 0 spiro atoms. The molecule has 0 aliphatic carbocycles. The summed E-state index contributed by atoms with van der Waals surface area (Å²) in [5, 5.41) is 6.63. The second kappa shape index (κ2) is 10.4.